The first-order chi connectivity index (χ1) is 9.11. The van der Waals surface area contributed by atoms with Crippen LogP contribution in [0.1, 0.15) is 18.6 Å². The number of nitrogens with zero attached hydrogens (tertiary/aromatic N) is 1. The van der Waals surface area contributed by atoms with Crippen LogP contribution in [0.25, 0.3) is 0 Å². The molecule has 1 amide bonds. The Labute approximate surface area is 113 Å². The second-order valence-electron chi connectivity index (χ2n) is 4.98. The fourth-order valence-electron chi connectivity index (χ4n) is 2.48. The summed E-state index contributed by atoms with van der Waals surface area (Å²) in [5.74, 6) is -0.0813. The van der Waals surface area contributed by atoms with E-state index in [-0.39, 0.29) is 5.91 Å². The Kier molecular flexibility index (Phi) is 4.52. The summed E-state index contributed by atoms with van der Waals surface area (Å²) in [5, 5.41) is 10.3. The Hall–Kier alpha value is -1.43. The van der Waals surface area contributed by atoms with Crippen molar-refractivity contribution in [3.05, 3.63) is 35.9 Å². The number of carbonyl (C=O) groups excluding carboxylic acids is 1. The highest BCUT2D eigenvalue weighted by atomic mass is 16.5. The van der Waals surface area contributed by atoms with Crippen LogP contribution < -0.4 is 5.43 Å². The van der Waals surface area contributed by atoms with Crippen LogP contribution in [0.15, 0.2) is 30.3 Å². The lowest BCUT2D eigenvalue weighted by Crippen LogP contribution is -2.65. The standard InChI is InChI=1S/C14H20N2O3/c1-12(17)15-16(7-9-19-10-8-16)11-14(18)13-5-3-2-4-6-13/h2-6,14,18H,7-11H2,1H3/p+1. The first-order valence-electron chi connectivity index (χ1n) is 6.57. The number of hydrogen-bond acceptors (Lipinski definition) is 3. The van der Waals surface area contributed by atoms with Gasteiger partial charge in [0, 0.05) is 6.92 Å². The second kappa shape index (κ2) is 6.14. The molecule has 1 aliphatic rings. The molecule has 0 radical (unpaired) electrons. The average Bonchev–Trinajstić information content (AvgIpc) is 2.39. The van der Waals surface area contributed by atoms with Crippen molar-refractivity contribution in [3.63, 3.8) is 0 Å². The molecule has 19 heavy (non-hydrogen) atoms. The molecule has 1 aliphatic heterocycles. The van der Waals surface area contributed by atoms with E-state index in [1.54, 1.807) is 0 Å². The van der Waals surface area contributed by atoms with Gasteiger partial charge in [-0.1, -0.05) is 30.3 Å². The predicted molar refractivity (Wildman–Crippen MR) is 70.9 cm³/mol. The highest BCUT2D eigenvalue weighted by Gasteiger charge is 2.35. The summed E-state index contributed by atoms with van der Waals surface area (Å²) in [6.45, 7) is 4.54. The molecule has 1 atom stereocenters. The molecule has 0 aromatic heterocycles. The number of nitrogens with one attached hydrogen (secondary N) is 1. The van der Waals surface area contributed by atoms with Crippen LogP contribution >= 0.6 is 0 Å². The molecule has 1 heterocycles. The summed E-state index contributed by atoms with van der Waals surface area (Å²) in [6.07, 6.45) is -0.592. The maximum absolute atomic E-state index is 11.4. The number of aliphatic hydroxyl groups is 1. The van der Waals surface area contributed by atoms with E-state index in [0.29, 0.717) is 37.4 Å². The minimum Gasteiger partial charge on any atom is -0.382 e. The molecule has 104 valence electrons. The molecular formula is C14H21N2O3+. The number of rotatable bonds is 4. The molecule has 1 saturated heterocycles. The van der Waals surface area contributed by atoms with Crippen LogP contribution in [-0.4, -0.2) is 48.5 Å². The van der Waals surface area contributed by atoms with Crippen molar-refractivity contribution in [1.29, 1.82) is 0 Å². The molecule has 1 aromatic rings. The molecule has 1 unspecified atom stereocenters. The molecule has 0 saturated carbocycles. The summed E-state index contributed by atoms with van der Waals surface area (Å²) in [4.78, 5) is 11.4. The van der Waals surface area contributed by atoms with Crippen molar-refractivity contribution < 1.29 is 19.2 Å². The summed E-state index contributed by atoms with van der Waals surface area (Å²) in [6, 6.07) is 9.52. The highest BCUT2D eigenvalue weighted by Crippen LogP contribution is 2.18. The Morgan fingerprint density at radius 2 is 2.00 bits per heavy atom. The summed E-state index contributed by atoms with van der Waals surface area (Å²) in [5.41, 5.74) is 3.83. The minimum absolute atomic E-state index is 0.0813. The van der Waals surface area contributed by atoms with Crippen molar-refractivity contribution in [2.45, 2.75) is 13.0 Å². The van der Waals surface area contributed by atoms with Crippen molar-refractivity contribution in [2.24, 2.45) is 0 Å². The monoisotopic (exact) mass is 265 g/mol. The first kappa shape index (κ1) is 14.0. The predicted octanol–water partition coefficient (Wildman–Crippen LogP) is 0.618. The fourth-order valence-corrected chi connectivity index (χ4v) is 2.48. The lowest BCUT2D eigenvalue weighted by molar-refractivity contribution is -0.970. The van der Waals surface area contributed by atoms with Crippen molar-refractivity contribution in [1.82, 2.24) is 5.43 Å². The van der Waals surface area contributed by atoms with E-state index in [2.05, 4.69) is 5.43 Å². The molecular weight excluding hydrogens is 244 g/mol. The normalized spacial score (nSPS) is 19.7. The number of amides is 1. The molecule has 1 aromatic carbocycles. The number of quaternary nitrogens is 1. The fraction of sp³-hybridized carbons (Fsp3) is 0.500. The van der Waals surface area contributed by atoms with Crippen LogP contribution in [0.2, 0.25) is 0 Å². The van der Waals surface area contributed by atoms with E-state index in [4.69, 9.17) is 4.74 Å². The van der Waals surface area contributed by atoms with Crippen molar-refractivity contribution >= 4 is 5.91 Å². The average molecular weight is 265 g/mol. The third-order valence-corrected chi connectivity index (χ3v) is 3.43. The van der Waals surface area contributed by atoms with Crippen molar-refractivity contribution in [3.8, 4) is 0 Å². The largest absolute Gasteiger partial charge is 0.382 e. The minimum atomic E-state index is -0.592. The van der Waals surface area contributed by atoms with Gasteiger partial charge in [0.05, 0.1) is 13.2 Å². The molecule has 0 bridgehead atoms. The van der Waals surface area contributed by atoms with Gasteiger partial charge in [-0.3, -0.25) is 4.79 Å². The van der Waals surface area contributed by atoms with Gasteiger partial charge in [-0.15, -0.1) is 0 Å². The van der Waals surface area contributed by atoms with Crippen LogP contribution in [0.3, 0.4) is 0 Å². The van der Waals surface area contributed by atoms with E-state index < -0.39 is 6.10 Å². The van der Waals surface area contributed by atoms with Crippen molar-refractivity contribution in [2.75, 3.05) is 32.8 Å². The maximum Gasteiger partial charge on any atom is 0.261 e. The van der Waals surface area contributed by atoms with E-state index in [1.807, 2.05) is 30.3 Å². The number of benzene rings is 1. The molecule has 5 heteroatoms. The third kappa shape index (κ3) is 3.76. The smallest absolute Gasteiger partial charge is 0.261 e. The molecule has 0 aliphatic carbocycles. The topological polar surface area (TPSA) is 58.6 Å². The van der Waals surface area contributed by atoms with Crippen LogP contribution in [0.5, 0.6) is 0 Å². The van der Waals surface area contributed by atoms with Gasteiger partial charge >= 0.3 is 0 Å². The lowest BCUT2D eigenvalue weighted by Gasteiger charge is -2.40. The maximum atomic E-state index is 11.4. The van der Waals surface area contributed by atoms with E-state index in [9.17, 15) is 9.90 Å². The van der Waals surface area contributed by atoms with Gasteiger partial charge in [0.15, 0.2) is 0 Å². The van der Waals surface area contributed by atoms with Gasteiger partial charge in [0.2, 0.25) is 0 Å². The quantitative estimate of drug-likeness (QED) is 0.785. The van der Waals surface area contributed by atoms with E-state index in [1.165, 1.54) is 6.92 Å². The van der Waals surface area contributed by atoms with Gasteiger partial charge in [-0.25, -0.2) is 10.0 Å². The SMILES string of the molecule is CC(=O)N[N+]1(CC(O)c2ccccc2)CCOCC1. The zero-order valence-electron chi connectivity index (χ0n) is 11.2. The number of ether oxygens (including phenoxy) is 1. The first-order valence-corrected chi connectivity index (χ1v) is 6.57. The Bertz CT molecular complexity index is 416. The zero-order valence-corrected chi connectivity index (χ0v) is 11.2. The Morgan fingerprint density at radius 3 is 2.58 bits per heavy atom. The van der Waals surface area contributed by atoms with Gasteiger partial charge in [0.25, 0.3) is 5.91 Å². The molecule has 2 rings (SSSR count). The molecule has 5 nitrogen and oxygen atoms in total. The second-order valence-corrected chi connectivity index (χ2v) is 4.98. The van der Waals surface area contributed by atoms with E-state index >= 15 is 0 Å². The number of hydrogen-bond donors (Lipinski definition) is 2. The van der Waals surface area contributed by atoms with Gasteiger partial charge in [0.1, 0.15) is 25.7 Å². The van der Waals surface area contributed by atoms with Crippen LogP contribution in [0.4, 0.5) is 0 Å². The lowest BCUT2D eigenvalue weighted by atomic mass is 10.1. The van der Waals surface area contributed by atoms with E-state index in [0.717, 1.165) is 5.56 Å². The molecule has 2 N–H and O–H groups in total. The van der Waals surface area contributed by atoms with Crippen LogP contribution in [0, 0.1) is 0 Å². The Balaban J connectivity index is 2.09. The zero-order chi connectivity index (χ0) is 13.7. The van der Waals surface area contributed by atoms with Gasteiger partial charge < -0.3 is 9.84 Å². The number of carbonyl (C=O) groups is 1. The number of aliphatic hydroxyl groups excluding tert-OH is 1. The summed E-state index contributed by atoms with van der Waals surface area (Å²) >= 11 is 0. The van der Waals surface area contributed by atoms with Crippen LogP contribution in [-0.2, 0) is 9.53 Å². The van der Waals surface area contributed by atoms with Gasteiger partial charge in [-0.05, 0) is 5.56 Å². The third-order valence-electron chi connectivity index (χ3n) is 3.43. The summed E-state index contributed by atoms with van der Waals surface area (Å²) < 4.78 is 5.73. The number of morpholine rings is 1. The molecule has 1 fully saturated rings. The highest BCUT2D eigenvalue weighted by molar-refractivity contribution is 5.71. The molecule has 0 spiro atoms. The Morgan fingerprint density at radius 1 is 1.37 bits per heavy atom. The van der Waals surface area contributed by atoms with Gasteiger partial charge in [-0.2, -0.15) is 0 Å². The summed E-state index contributed by atoms with van der Waals surface area (Å²) in [7, 11) is 0.